The Balaban J connectivity index is 1.93. The third kappa shape index (κ3) is 3.38. The van der Waals surface area contributed by atoms with Crippen LogP contribution in [-0.2, 0) is 6.54 Å². The number of hydrogen-bond acceptors (Lipinski definition) is 4. The topological polar surface area (TPSA) is 66.5 Å². The van der Waals surface area contributed by atoms with E-state index in [9.17, 15) is 14.0 Å². The van der Waals surface area contributed by atoms with Gasteiger partial charge in [0.05, 0.1) is 17.1 Å². The minimum Gasteiger partial charge on any atom is -0.323 e. The van der Waals surface area contributed by atoms with Crippen LogP contribution in [0, 0.1) is 11.3 Å². The van der Waals surface area contributed by atoms with Gasteiger partial charge in [-0.2, -0.15) is 10.4 Å². The fraction of sp³-hybridized carbons (Fsp3) is 0.133. The van der Waals surface area contributed by atoms with E-state index in [1.807, 2.05) is 0 Å². The average molecular weight is 334 g/mol. The van der Waals surface area contributed by atoms with Crippen molar-refractivity contribution in [1.82, 2.24) is 14.8 Å². The molecule has 0 radical (unpaired) electrons. The molecule has 3 rings (SSSR count). The van der Waals surface area contributed by atoms with Gasteiger partial charge in [0.1, 0.15) is 12.4 Å². The van der Waals surface area contributed by atoms with Gasteiger partial charge >= 0.3 is 0 Å². The lowest BCUT2D eigenvalue weighted by atomic mass is 10.1. The van der Waals surface area contributed by atoms with E-state index in [0.717, 1.165) is 4.68 Å². The molecule has 0 amide bonds. The summed E-state index contributed by atoms with van der Waals surface area (Å²) >= 11 is 5.93. The van der Waals surface area contributed by atoms with E-state index in [-0.39, 0.29) is 0 Å². The summed E-state index contributed by atoms with van der Waals surface area (Å²) in [6.45, 7) is -0.477. The van der Waals surface area contributed by atoms with Crippen molar-refractivity contribution in [2.24, 2.45) is 0 Å². The number of rotatable bonds is 4. The second kappa shape index (κ2) is 6.18. The van der Waals surface area contributed by atoms with Gasteiger partial charge in [0.25, 0.3) is 6.43 Å². The maximum Gasteiger partial charge on any atom is 0.257 e. The van der Waals surface area contributed by atoms with Crippen molar-refractivity contribution in [2.45, 2.75) is 13.0 Å². The van der Waals surface area contributed by atoms with Gasteiger partial charge in [0.2, 0.25) is 0 Å². The molecule has 0 bridgehead atoms. The maximum atomic E-state index is 12.3. The number of pyridine rings is 1. The first-order valence-corrected chi connectivity index (χ1v) is 7.02. The fourth-order valence-electron chi connectivity index (χ4n) is 2.16. The Hall–Kier alpha value is -2.72. The van der Waals surface area contributed by atoms with Crippen molar-refractivity contribution in [3.05, 3.63) is 47.1 Å². The summed E-state index contributed by atoms with van der Waals surface area (Å²) in [5, 5.41) is 17.3. The van der Waals surface area contributed by atoms with Crippen LogP contribution in [0.3, 0.4) is 0 Å². The molecule has 1 N–H and O–H groups in total. The lowest BCUT2D eigenvalue weighted by molar-refractivity contribution is 0.122. The highest BCUT2D eigenvalue weighted by Crippen LogP contribution is 2.25. The smallest absolute Gasteiger partial charge is 0.257 e. The third-order valence-corrected chi connectivity index (χ3v) is 3.35. The molecule has 0 aliphatic heterocycles. The van der Waals surface area contributed by atoms with Gasteiger partial charge in [-0.1, -0.05) is 11.6 Å². The van der Waals surface area contributed by atoms with Crippen molar-refractivity contribution in [3.8, 4) is 6.07 Å². The van der Waals surface area contributed by atoms with Gasteiger partial charge in [-0.25, -0.2) is 13.8 Å². The zero-order valence-electron chi connectivity index (χ0n) is 11.7. The standard InChI is InChI=1S/C15H10ClF2N5/c16-10-1-2-12-11(6-10)9(7-19)5-15(20-12)21-14-3-4-23(22-14)8-13(17)18/h1-6,13H,8H2,(H,20,21,22). The molecule has 0 saturated carbocycles. The number of nitriles is 1. The lowest BCUT2D eigenvalue weighted by Crippen LogP contribution is -2.07. The van der Waals surface area contributed by atoms with Crippen LogP contribution in [0.5, 0.6) is 0 Å². The first-order valence-electron chi connectivity index (χ1n) is 6.64. The summed E-state index contributed by atoms with van der Waals surface area (Å²) in [6, 6.07) is 10.3. The van der Waals surface area contributed by atoms with Gasteiger partial charge in [-0.15, -0.1) is 0 Å². The monoisotopic (exact) mass is 333 g/mol. The zero-order chi connectivity index (χ0) is 16.4. The van der Waals surface area contributed by atoms with Crippen molar-refractivity contribution in [3.63, 3.8) is 0 Å². The molecule has 0 aliphatic rings. The highest BCUT2D eigenvalue weighted by molar-refractivity contribution is 6.31. The van der Waals surface area contributed by atoms with Gasteiger partial charge in [0.15, 0.2) is 5.82 Å². The van der Waals surface area contributed by atoms with E-state index < -0.39 is 13.0 Å². The van der Waals surface area contributed by atoms with E-state index in [2.05, 4.69) is 21.5 Å². The molecule has 3 aromatic rings. The molecular formula is C15H10ClF2N5. The first-order chi connectivity index (χ1) is 11.0. The van der Waals surface area contributed by atoms with E-state index in [0.29, 0.717) is 33.1 Å². The van der Waals surface area contributed by atoms with Crippen molar-refractivity contribution >= 4 is 34.1 Å². The minimum atomic E-state index is -2.48. The van der Waals surface area contributed by atoms with E-state index in [4.69, 9.17) is 11.6 Å². The fourth-order valence-corrected chi connectivity index (χ4v) is 2.33. The molecule has 0 unspecified atom stereocenters. The van der Waals surface area contributed by atoms with Crippen LogP contribution in [0.2, 0.25) is 5.02 Å². The molecule has 23 heavy (non-hydrogen) atoms. The molecule has 2 heterocycles. The van der Waals surface area contributed by atoms with Crippen LogP contribution in [-0.4, -0.2) is 21.2 Å². The second-order valence-electron chi connectivity index (χ2n) is 4.77. The van der Waals surface area contributed by atoms with Crippen LogP contribution < -0.4 is 5.32 Å². The van der Waals surface area contributed by atoms with Gasteiger partial charge in [0, 0.05) is 22.7 Å². The van der Waals surface area contributed by atoms with Gasteiger partial charge in [-0.3, -0.25) is 4.68 Å². The van der Waals surface area contributed by atoms with Gasteiger partial charge < -0.3 is 5.32 Å². The van der Waals surface area contributed by atoms with Crippen LogP contribution in [0.4, 0.5) is 20.4 Å². The molecule has 0 fully saturated rings. The zero-order valence-corrected chi connectivity index (χ0v) is 12.4. The molecule has 0 aliphatic carbocycles. The number of alkyl halides is 2. The van der Waals surface area contributed by atoms with Crippen LogP contribution in [0.1, 0.15) is 5.56 Å². The number of nitrogens with one attached hydrogen (secondary N) is 1. The lowest BCUT2D eigenvalue weighted by Gasteiger charge is -2.06. The number of hydrogen-bond donors (Lipinski definition) is 1. The average Bonchev–Trinajstić information content (AvgIpc) is 2.93. The SMILES string of the molecule is N#Cc1cc(Nc2ccn(CC(F)F)n2)nc2ccc(Cl)cc12. The predicted octanol–water partition coefficient (Wildman–Crippen LogP) is 3.97. The van der Waals surface area contributed by atoms with Crippen molar-refractivity contribution < 1.29 is 8.78 Å². The van der Waals surface area contributed by atoms with E-state index >= 15 is 0 Å². The van der Waals surface area contributed by atoms with Crippen LogP contribution in [0.15, 0.2) is 36.5 Å². The molecule has 8 heteroatoms. The maximum absolute atomic E-state index is 12.3. The molecule has 0 saturated heterocycles. The largest absolute Gasteiger partial charge is 0.323 e. The summed E-state index contributed by atoms with van der Waals surface area (Å²) in [5.74, 6) is 0.772. The second-order valence-corrected chi connectivity index (χ2v) is 5.20. The van der Waals surface area contributed by atoms with E-state index in [1.54, 1.807) is 30.3 Å². The molecule has 0 spiro atoms. The Morgan fingerprint density at radius 1 is 1.26 bits per heavy atom. The van der Waals surface area contributed by atoms with Crippen molar-refractivity contribution in [2.75, 3.05) is 5.32 Å². The van der Waals surface area contributed by atoms with E-state index in [1.165, 1.54) is 6.20 Å². The molecule has 2 aromatic heterocycles. The number of fused-ring (bicyclic) bond motifs is 1. The summed E-state index contributed by atoms with van der Waals surface area (Å²) in [4.78, 5) is 4.37. The predicted molar refractivity (Wildman–Crippen MR) is 83.0 cm³/mol. The Morgan fingerprint density at radius 3 is 2.83 bits per heavy atom. The highest BCUT2D eigenvalue weighted by Gasteiger charge is 2.09. The van der Waals surface area contributed by atoms with Crippen LogP contribution in [0.25, 0.3) is 10.9 Å². The number of halogens is 3. The Morgan fingerprint density at radius 2 is 2.09 bits per heavy atom. The molecule has 1 aromatic carbocycles. The third-order valence-electron chi connectivity index (χ3n) is 3.11. The molecule has 0 atom stereocenters. The summed E-state index contributed by atoms with van der Waals surface area (Å²) in [7, 11) is 0. The summed E-state index contributed by atoms with van der Waals surface area (Å²) in [5.41, 5.74) is 1.01. The normalized spacial score (nSPS) is 10.9. The minimum absolute atomic E-state index is 0.371. The number of aromatic nitrogens is 3. The van der Waals surface area contributed by atoms with Gasteiger partial charge in [-0.05, 0) is 24.3 Å². The van der Waals surface area contributed by atoms with Crippen molar-refractivity contribution in [1.29, 1.82) is 5.26 Å². The quantitative estimate of drug-likeness (QED) is 0.784. The number of benzene rings is 1. The Kier molecular flexibility index (Phi) is 4.08. The molecule has 116 valence electrons. The highest BCUT2D eigenvalue weighted by atomic mass is 35.5. The summed E-state index contributed by atoms with van der Waals surface area (Å²) < 4.78 is 25.8. The molecule has 5 nitrogen and oxygen atoms in total. The number of anilines is 2. The number of nitrogens with zero attached hydrogens (tertiary/aromatic N) is 4. The van der Waals surface area contributed by atoms with Crippen LogP contribution >= 0.6 is 11.6 Å². The Labute approximate surface area is 135 Å². The molecular weight excluding hydrogens is 324 g/mol. The first kappa shape index (κ1) is 15.2. The summed E-state index contributed by atoms with van der Waals surface area (Å²) in [6.07, 6.45) is -1.03. The Bertz CT molecular complexity index is 901.